The molecule has 1 fully saturated rings. The van der Waals surface area contributed by atoms with E-state index in [9.17, 15) is 5.11 Å². The fourth-order valence-corrected chi connectivity index (χ4v) is 2.76. The first kappa shape index (κ1) is 18.4. The molecular formula is C18H29NO4. The number of methoxy groups -OCH3 is 1. The number of hydrogen-bond donors (Lipinski definition) is 1. The van der Waals surface area contributed by atoms with Crippen molar-refractivity contribution in [2.75, 3.05) is 46.6 Å². The second kappa shape index (κ2) is 10.7. The highest BCUT2D eigenvalue weighted by molar-refractivity contribution is 5.14. The summed E-state index contributed by atoms with van der Waals surface area (Å²) < 4.78 is 16.3. The van der Waals surface area contributed by atoms with Gasteiger partial charge in [0.2, 0.25) is 0 Å². The molecule has 1 N–H and O–H groups in total. The van der Waals surface area contributed by atoms with Gasteiger partial charge in [0.25, 0.3) is 0 Å². The Morgan fingerprint density at radius 1 is 1.35 bits per heavy atom. The minimum Gasteiger partial charge on any atom is -0.389 e. The number of aliphatic hydroxyl groups excluding tert-OH is 1. The van der Waals surface area contributed by atoms with Crippen LogP contribution in [-0.2, 0) is 20.8 Å². The standard InChI is InChI=1S/C18H29NO4/c1-21-11-9-19(12-16-6-3-2-4-7-16)13-17(20)14-22-15-18-8-5-10-23-18/h2-4,6-7,17-18,20H,5,8-15H2,1H3/t17-,18-/m0/s1. The van der Waals surface area contributed by atoms with Crippen LogP contribution in [0.25, 0.3) is 0 Å². The fraction of sp³-hybridized carbons (Fsp3) is 0.667. The van der Waals surface area contributed by atoms with Crippen molar-refractivity contribution in [1.29, 1.82) is 0 Å². The van der Waals surface area contributed by atoms with Crippen LogP contribution in [0.3, 0.4) is 0 Å². The third-order valence-electron chi connectivity index (χ3n) is 3.97. The lowest BCUT2D eigenvalue weighted by Crippen LogP contribution is -2.37. The SMILES string of the molecule is COCCN(Cc1ccccc1)C[C@H](O)COC[C@@H]1CCCO1. The van der Waals surface area contributed by atoms with Gasteiger partial charge in [-0.1, -0.05) is 30.3 Å². The van der Waals surface area contributed by atoms with Crippen LogP contribution in [-0.4, -0.2) is 68.8 Å². The molecule has 1 saturated heterocycles. The highest BCUT2D eigenvalue weighted by Gasteiger charge is 2.17. The molecule has 0 spiro atoms. The van der Waals surface area contributed by atoms with E-state index >= 15 is 0 Å². The zero-order valence-corrected chi connectivity index (χ0v) is 14.0. The number of benzene rings is 1. The Balaban J connectivity index is 1.71. The maximum Gasteiger partial charge on any atom is 0.0900 e. The van der Waals surface area contributed by atoms with Crippen LogP contribution >= 0.6 is 0 Å². The molecule has 5 heteroatoms. The van der Waals surface area contributed by atoms with E-state index in [0.29, 0.717) is 26.4 Å². The molecule has 0 saturated carbocycles. The van der Waals surface area contributed by atoms with Crippen molar-refractivity contribution in [3.8, 4) is 0 Å². The Bertz CT molecular complexity index is 409. The molecule has 0 unspecified atom stereocenters. The summed E-state index contributed by atoms with van der Waals surface area (Å²) in [6.45, 7) is 4.56. The lowest BCUT2D eigenvalue weighted by molar-refractivity contribution is -0.0271. The first-order valence-electron chi connectivity index (χ1n) is 8.40. The average Bonchev–Trinajstić information content (AvgIpc) is 3.07. The van der Waals surface area contributed by atoms with E-state index in [2.05, 4.69) is 17.0 Å². The molecule has 1 heterocycles. The van der Waals surface area contributed by atoms with E-state index in [1.54, 1.807) is 7.11 Å². The summed E-state index contributed by atoms with van der Waals surface area (Å²) in [4.78, 5) is 2.19. The third kappa shape index (κ3) is 7.42. The van der Waals surface area contributed by atoms with Crippen LogP contribution < -0.4 is 0 Å². The molecule has 1 aliphatic heterocycles. The van der Waals surface area contributed by atoms with Crippen molar-refractivity contribution in [3.05, 3.63) is 35.9 Å². The molecule has 0 aliphatic carbocycles. The van der Waals surface area contributed by atoms with E-state index in [1.807, 2.05) is 18.2 Å². The van der Waals surface area contributed by atoms with E-state index < -0.39 is 6.10 Å². The van der Waals surface area contributed by atoms with Gasteiger partial charge in [0.1, 0.15) is 0 Å². The van der Waals surface area contributed by atoms with Gasteiger partial charge in [-0.2, -0.15) is 0 Å². The van der Waals surface area contributed by atoms with Gasteiger partial charge in [-0.3, -0.25) is 4.90 Å². The number of nitrogens with zero attached hydrogens (tertiary/aromatic N) is 1. The number of aliphatic hydroxyl groups is 1. The van der Waals surface area contributed by atoms with Gasteiger partial charge >= 0.3 is 0 Å². The third-order valence-corrected chi connectivity index (χ3v) is 3.97. The quantitative estimate of drug-likeness (QED) is 0.672. The number of rotatable bonds is 11. The van der Waals surface area contributed by atoms with E-state index in [1.165, 1.54) is 5.56 Å². The average molecular weight is 323 g/mol. The van der Waals surface area contributed by atoms with Gasteiger partial charge in [-0.05, 0) is 18.4 Å². The van der Waals surface area contributed by atoms with Crippen LogP contribution in [0.4, 0.5) is 0 Å². The molecule has 0 amide bonds. The van der Waals surface area contributed by atoms with Crippen LogP contribution in [0, 0.1) is 0 Å². The molecule has 1 aliphatic rings. The lowest BCUT2D eigenvalue weighted by atomic mass is 10.2. The summed E-state index contributed by atoms with van der Waals surface area (Å²) >= 11 is 0. The van der Waals surface area contributed by atoms with E-state index in [4.69, 9.17) is 14.2 Å². The maximum atomic E-state index is 10.2. The lowest BCUT2D eigenvalue weighted by Gasteiger charge is -2.25. The zero-order chi connectivity index (χ0) is 16.3. The molecule has 1 aromatic carbocycles. The van der Waals surface area contributed by atoms with Crippen molar-refractivity contribution >= 4 is 0 Å². The normalized spacial score (nSPS) is 19.3. The van der Waals surface area contributed by atoms with Crippen molar-refractivity contribution in [1.82, 2.24) is 4.90 Å². The van der Waals surface area contributed by atoms with Gasteiger partial charge in [0.15, 0.2) is 0 Å². The summed E-state index contributed by atoms with van der Waals surface area (Å²) in [5, 5.41) is 10.2. The first-order chi connectivity index (χ1) is 11.3. The predicted molar refractivity (Wildman–Crippen MR) is 89.4 cm³/mol. The van der Waals surface area contributed by atoms with Crippen LogP contribution in [0.1, 0.15) is 18.4 Å². The van der Waals surface area contributed by atoms with Gasteiger partial charge in [0, 0.05) is 33.4 Å². The minimum atomic E-state index is -0.503. The largest absolute Gasteiger partial charge is 0.389 e. The number of hydrogen-bond acceptors (Lipinski definition) is 5. The van der Waals surface area contributed by atoms with Crippen molar-refractivity contribution in [2.24, 2.45) is 0 Å². The topological polar surface area (TPSA) is 51.2 Å². The fourth-order valence-electron chi connectivity index (χ4n) is 2.76. The molecule has 5 nitrogen and oxygen atoms in total. The predicted octanol–water partition coefficient (Wildman–Crippen LogP) is 1.69. The molecule has 2 atom stereocenters. The molecule has 0 radical (unpaired) electrons. The van der Waals surface area contributed by atoms with Crippen molar-refractivity contribution in [2.45, 2.75) is 31.6 Å². The Morgan fingerprint density at radius 3 is 2.87 bits per heavy atom. The Kier molecular flexibility index (Phi) is 8.57. The van der Waals surface area contributed by atoms with Crippen LogP contribution in [0.5, 0.6) is 0 Å². The van der Waals surface area contributed by atoms with Gasteiger partial charge in [0.05, 0.1) is 32.0 Å². The second-order valence-electron chi connectivity index (χ2n) is 6.04. The van der Waals surface area contributed by atoms with Gasteiger partial charge in [-0.15, -0.1) is 0 Å². The van der Waals surface area contributed by atoms with E-state index in [0.717, 1.165) is 32.5 Å². The van der Waals surface area contributed by atoms with Crippen molar-refractivity contribution in [3.63, 3.8) is 0 Å². The second-order valence-corrected chi connectivity index (χ2v) is 6.04. The minimum absolute atomic E-state index is 0.205. The van der Waals surface area contributed by atoms with Crippen LogP contribution in [0.2, 0.25) is 0 Å². The Morgan fingerprint density at radius 2 is 2.17 bits per heavy atom. The summed E-state index contributed by atoms with van der Waals surface area (Å²) in [5.74, 6) is 0. The van der Waals surface area contributed by atoms with Crippen molar-refractivity contribution < 1.29 is 19.3 Å². The summed E-state index contributed by atoms with van der Waals surface area (Å²) in [6, 6.07) is 10.3. The molecule has 1 aromatic rings. The van der Waals surface area contributed by atoms with Crippen LogP contribution in [0.15, 0.2) is 30.3 Å². The van der Waals surface area contributed by atoms with Gasteiger partial charge < -0.3 is 19.3 Å². The zero-order valence-electron chi connectivity index (χ0n) is 14.0. The van der Waals surface area contributed by atoms with E-state index in [-0.39, 0.29) is 6.10 Å². The molecule has 130 valence electrons. The summed E-state index contributed by atoms with van der Waals surface area (Å²) in [5.41, 5.74) is 1.23. The van der Waals surface area contributed by atoms with Gasteiger partial charge in [-0.25, -0.2) is 0 Å². The Labute approximate surface area is 139 Å². The highest BCUT2D eigenvalue weighted by Crippen LogP contribution is 2.12. The summed E-state index contributed by atoms with van der Waals surface area (Å²) in [6.07, 6.45) is 1.87. The molecular weight excluding hydrogens is 294 g/mol. The number of ether oxygens (including phenoxy) is 3. The molecule has 0 aromatic heterocycles. The molecule has 0 bridgehead atoms. The molecule has 2 rings (SSSR count). The monoisotopic (exact) mass is 323 g/mol. The maximum absolute atomic E-state index is 10.2. The molecule has 23 heavy (non-hydrogen) atoms. The Hall–Kier alpha value is -0.980. The smallest absolute Gasteiger partial charge is 0.0900 e. The highest BCUT2D eigenvalue weighted by atomic mass is 16.5. The first-order valence-corrected chi connectivity index (χ1v) is 8.40. The summed E-state index contributed by atoms with van der Waals surface area (Å²) in [7, 11) is 1.70.